The monoisotopic (exact) mass is 378 g/mol. The van der Waals surface area contributed by atoms with E-state index in [4.69, 9.17) is 28.0 Å². The molecule has 2 aliphatic rings. The first kappa shape index (κ1) is 16.1. The van der Waals surface area contributed by atoms with Crippen molar-refractivity contribution in [2.75, 3.05) is 4.90 Å². The Hall–Kier alpha value is -2.44. The van der Waals surface area contributed by atoms with E-state index < -0.39 is 29.7 Å². The summed E-state index contributed by atoms with van der Waals surface area (Å²) in [6.45, 7) is 0. The van der Waals surface area contributed by atoms with Gasteiger partial charge in [0.15, 0.2) is 0 Å². The topological polar surface area (TPSA) is 59.0 Å². The molecule has 0 bridgehead atoms. The molecule has 2 heterocycles. The molecule has 1 fully saturated rings. The summed E-state index contributed by atoms with van der Waals surface area (Å²) in [5, 5.41) is 4.46. The molecule has 2 aromatic rings. The molecule has 0 saturated carbocycles. The van der Waals surface area contributed by atoms with Crippen LogP contribution in [0.2, 0.25) is 10.0 Å². The molecule has 0 radical (unpaired) electrons. The third-order valence-corrected chi connectivity index (χ3v) is 4.49. The fourth-order valence-electron chi connectivity index (χ4n) is 2.96. The highest BCUT2D eigenvalue weighted by Crippen LogP contribution is 2.36. The van der Waals surface area contributed by atoms with E-state index in [-0.39, 0.29) is 5.69 Å². The lowest BCUT2D eigenvalue weighted by Gasteiger charge is -2.16. The van der Waals surface area contributed by atoms with Crippen molar-refractivity contribution in [3.8, 4) is 0 Å². The molecule has 2 aromatic carbocycles. The molecule has 5 nitrogen and oxygen atoms in total. The second kappa shape index (κ2) is 5.82. The van der Waals surface area contributed by atoms with Crippen molar-refractivity contribution in [3.05, 3.63) is 63.9 Å². The molecule has 126 valence electrons. The summed E-state index contributed by atoms with van der Waals surface area (Å²) >= 11 is 11.9. The Kier molecular flexibility index (Phi) is 3.74. The number of imide groups is 1. The Morgan fingerprint density at radius 1 is 1.00 bits per heavy atom. The van der Waals surface area contributed by atoms with E-state index in [2.05, 4.69) is 5.16 Å². The summed E-state index contributed by atoms with van der Waals surface area (Å²) in [6.07, 6.45) is -1.05. The van der Waals surface area contributed by atoms with E-state index in [1.165, 1.54) is 42.5 Å². The Morgan fingerprint density at radius 3 is 2.28 bits per heavy atom. The van der Waals surface area contributed by atoms with Gasteiger partial charge in [0.05, 0.1) is 5.69 Å². The molecule has 0 N–H and O–H groups in total. The molecular formula is C17H9Cl2FN2O3. The van der Waals surface area contributed by atoms with Gasteiger partial charge in [-0.25, -0.2) is 9.29 Å². The summed E-state index contributed by atoms with van der Waals surface area (Å²) in [6, 6.07) is 9.91. The van der Waals surface area contributed by atoms with Gasteiger partial charge in [-0.2, -0.15) is 0 Å². The number of halogens is 3. The lowest BCUT2D eigenvalue weighted by molar-refractivity contribution is -0.126. The van der Waals surface area contributed by atoms with Gasteiger partial charge >= 0.3 is 0 Å². The maximum Gasteiger partial charge on any atom is 0.278 e. The maximum atomic E-state index is 13.1. The number of carbonyl (C=O) groups excluding carboxylic acids is 2. The number of benzene rings is 2. The molecule has 0 spiro atoms. The van der Waals surface area contributed by atoms with Crippen LogP contribution in [0.5, 0.6) is 0 Å². The summed E-state index contributed by atoms with van der Waals surface area (Å²) in [4.78, 5) is 31.6. The standard InChI is InChI=1S/C17H9Cl2FN2O3/c18-9-5-10(19)7-12(6-9)22-16(23)13-14(21-25-15(13)17(22)24)8-1-3-11(20)4-2-8/h1-7,13,15H/t13-,15-/m1/s1. The number of rotatable bonds is 2. The first-order valence-electron chi connectivity index (χ1n) is 7.29. The summed E-state index contributed by atoms with van der Waals surface area (Å²) < 4.78 is 13.1. The predicted octanol–water partition coefficient (Wildman–Crippen LogP) is 3.43. The van der Waals surface area contributed by atoms with Gasteiger partial charge in [-0.3, -0.25) is 9.59 Å². The Bertz CT molecular complexity index is 910. The van der Waals surface area contributed by atoms with E-state index in [0.717, 1.165) is 4.90 Å². The van der Waals surface area contributed by atoms with Crippen LogP contribution in [0.25, 0.3) is 0 Å². The van der Waals surface area contributed by atoms with Gasteiger partial charge in [-0.05, 0) is 30.3 Å². The molecule has 2 atom stereocenters. The smallest absolute Gasteiger partial charge is 0.278 e. The minimum absolute atomic E-state index is 0.268. The van der Waals surface area contributed by atoms with Gasteiger partial charge in [-0.1, -0.05) is 40.5 Å². The number of fused-ring (bicyclic) bond motifs is 1. The number of nitrogens with zero attached hydrogens (tertiary/aromatic N) is 2. The maximum absolute atomic E-state index is 13.1. The van der Waals surface area contributed by atoms with Crippen LogP contribution in [-0.2, 0) is 14.4 Å². The van der Waals surface area contributed by atoms with E-state index in [0.29, 0.717) is 21.3 Å². The summed E-state index contributed by atoms with van der Waals surface area (Å²) in [5.74, 6) is -2.34. The summed E-state index contributed by atoms with van der Waals surface area (Å²) in [5.41, 5.74) is 1.07. The number of oxime groups is 1. The molecule has 1 saturated heterocycles. The van der Waals surface area contributed by atoms with Gasteiger partial charge in [0, 0.05) is 15.6 Å². The van der Waals surface area contributed by atoms with Crippen LogP contribution in [0.3, 0.4) is 0 Å². The number of hydrogen-bond acceptors (Lipinski definition) is 4. The van der Waals surface area contributed by atoms with Crippen LogP contribution in [0.1, 0.15) is 5.56 Å². The van der Waals surface area contributed by atoms with Crippen molar-refractivity contribution < 1.29 is 18.8 Å². The quantitative estimate of drug-likeness (QED) is 0.752. The molecule has 2 amide bonds. The lowest BCUT2D eigenvalue weighted by atomic mass is 9.94. The molecule has 25 heavy (non-hydrogen) atoms. The Labute approximate surface area is 151 Å². The van der Waals surface area contributed by atoms with Crippen LogP contribution in [-0.4, -0.2) is 23.6 Å². The average Bonchev–Trinajstić information content (AvgIpc) is 3.08. The van der Waals surface area contributed by atoms with Gasteiger partial charge in [0.25, 0.3) is 5.91 Å². The molecule has 8 heteroatoms. The number of amides is 2. The molecule has 0 unspecified atom stereocenters. The van der Waals surface area contributed by atoms with Crippen molar-refractivity contribution in [2.24, 2.45) is 11.1 Å². The molecule has 2 aliphatic heterocycles. The lowest BCUT2D eigenvalue weighted by Crippen LogP contribution is -2.33. The summed E-state index contributed by atoms with van der Waals surface area (Å²) in [7, 11) is 0. The third kappa shape index (κ3) is 2.58. The van der Waals surface area contributed by atoms with Crippen molar-refractivity contribution in [1.82, 2.24) is 0 Å². The van der Waals surface area contributed by atoms with E-state index in [1.54, 1.807) is 0 Å². The number of anilines is 1. The number of hydrogen-bond donors (Lipinski definition) is 0. The molecule has 4 rings (SSSR count). The largest absolute Gasteiger partial charge is 0.381 e. The van der Waals surface area contributed by atoms with Crippen molar-refractivity contribution in [2.45, 2.75) is 6.10 Å². The molecule has 0 aromatic heterocycles. The second-order valence-corrected chi connectivity index (χ2v) is 6.50. The van der Waals surface area contributed by atoms with Gasteiger partial charge in [0.1, 0.15) is 17.4 Å². The zero-order chi connectivity index (χ0) is 17.7. The van der Waals surface area contributed by atoms with E-state index in [9.17, 15) is 14.0 Å². The van der Waals surface area contributed by atoms with Crippen LogP contribution in [0.4, 0.5) is 10.1 Å². The van der Waals surface area contributed by atoms with Gasteiger partial charge in [-0.15, -0.1) is 0 Å². The molecular weight excluding hydrogens is 370 g/mol. The third-order valence-electron chi connectivity index (χ3n) is 4.06. The highest BCUT2D eigenvalue weighted by atomic mass is 35.5. The van der Waals surface area contributed by atoms with E-state index in [1.807, 2.05) is 0 Å². The van der Waals surface area contributed by atoms with Crippen LogP contribution in [0.15, 0.2) is 47.6 Å². The number of carbonyl (C=O) groups is 2. The van der Waals surface area contributed by atoms with Gasteiger partial charge in [0.2, 0.25) is 12.0 Å². The predicted molar refractivity (Wildman–Crippen MR) is 90.3 cm³/mol. The van der Waals surface area contributed by atoms with Gasteiger partial charge < -0.3 is 4.84 Å². The van der Waals surface area contributed by atoms with E-state index >= 15 is 0 Å². The van der Waals surface area contributed by atoms with Crippen LogP contribution in [0, 0.1) is 11.7 Å². The highest BCUT2D eigenvalue weighted by Gasteiger charge is 2.56. The zero-order valence-electron chi connectivity index (χ0n) is 12.4. The first-order chi connectivity index (χ1) is 12.0. The normalized spacial score (nSPS) is 22.0. The van der Waals surface area contributed by atoms with Crippen molar-refractivity contribution in [1.29, 1.82) is 0 Å². The van der Waals surface area contributed by atoms with Crippen LogP contribution >= 0.6 is 23.2 Å². The van der Waals surface area contributed by atoms with Crippen LogP contribution < -0.4 is 4.90 Å². The second-order valence-electron chi connectivity index (χ2n) is 5.63. The highest BCUT2D eigenvalue weighted by molar-refractivity contribution is 6.37. The Morgan fingerprint density at radius 2 is 1.64 bits per heavy atom. The Balaban J connectivity index is 1.72. The first-order valence-corrected chi connectivity index (χ1v) is 8.05. The van der Waals surface area contributed by atoms with Crippen molar-refractivity contribution in [3.63, 3.8) is 0 Å². The minimum Gasteiger partial charge on any atom is -0.381 e. The average molecular weight is 379 g/mol. The van der Waals surface area contributed by atoms with Crippen molar-refractivity contribution >= 4 is 46.4 Å². The minimum atomic E-state index is -1.05. The fraction of sp³-hybridized carbons (Fsp3) is 0.118. The zero-order valence-corrected chi connectivity index (χ0v) is 14.0. The fourth-order valence-corrected chi connectivity index (χ4v) is 3.47. The SMILES string of the molecule is O=C1[C@@H]2C(c3ccc(F)cc3)=NO[C@H]2C(=O)N1c1cc(Cl)cc(Cl)c1. The molecule has 0 aliphatic carbocycles.